The zero-order chi connectivity index (χ0) is 11.7. The third-order valence-corrected chi connectivity index (χ3v) is 2.93. The fraction of sp³-hybridized carbons (Fsp3) is 0.0769. The second-order valence-corrected chi connectivity index (χ2v) is 4.22. The normalized spacial score (nSPS) is 10.4. The Kier molecular flexibility index (Phi) is 2.79. The van der Waals surface area contributed by atoms with Crippen LogP contribution in [-0.4, -0.2) is 10.2 Å². The van der Waals surface area contributed by atoms with Gasteiger partial charge < -0.3 is 10.2 Å². The average Bonchev–Trinajstić information content (AvgIpc) is 2.20. The minimum absolute atomic E-state index is 0.0580. The van der Waals surface area contributed by atoms with E-state index in [4.69, 9.17) is 0 Å². The lowest BCUT2D eigenvalue weighted by Crippen LogP contribution is -1.81. The van der Waals surface area contributed by atoms with E-state index in [2.05, 4.69) is 12.6 Å². The molecule has 0 aliphatic rings. The average molecular weight is 232 g/mol. The highest BCUT2D eigenvalue weighted by Crippen LogP contribution is 2.30. The lowest BCUT2D eigenvalue weighted by atomic mass is 10.0. The number of hydrogen-bond acceptors (Lipinski definition) is 3. The highest BCUT2D eigenvalue weighted by atomic mass is 32.1. The molecule has 2 aromatic rings. The maximum Gasteiger partial charge on any atom is 0.119 e. The maximum atomic E-state index is 9.40. The first-order valence-electron chi connectivity index (χ1n) is 4.89. The Morgan fingerprint density at radius 1 is 0.875 bits per heavy atom. The van der Waals surface area contributed by atoms with Crippen molar-refractivity contribution < 1.29 is 10.2 Å². The zero-order valence-electron chi connectivity index (χ0n) is 8.81. The van der Waals surface area contributed by atoms with Crippen molar-refractivity contribution in [1.29, 1.82) is 0 Å². The smallest absolute Gasteiger partial charge is 0.119 e. The molecule has 2 N–H and O–H groups in total. The van der Waals surface area contributed by atoms with Crippen LogP contribution in [0.4, 0.5) is 0 Å². The van der Waals surface area contributed by atoms with Crippen molar-refractivity contribution in [1.82, 2.24) is 0 Å². The number of rotatable bonds is 1. The quantitative estimate of drug-likeness (QED) is 0.660. The lowest BCUT2D eigenvalue weighted by molar-refractivity contribution is 0.451. The molecular formula is C13H12O2S. The Bertz CT molecular complexity index is 515. The molecule has 0 unspecified atom stereocenters. The van der Waals surface area contributed by atoms with Gasteiger partial charge in [-0.15, -0.1) is 12.6 Å². The van der Waals surface area contributed by atoms with Gasteiger partial charge in [-0.3, -0.25) is 0 Å². The molecule has 0 fully saturated rings. The molecule has 0 aliphatic carbocycles. The van der Waals surface area contributed by atoms with Gasteiger partial charge in [0.1, 0.15) is 11.5 Å². The Morgan fingerprint density at radius 3 is 2.06 bits per heavy atom. The summed E-state index contributed by atoms with van der Waals surface area (Å²) in [7, 11) is 0. The van der Waals surface area contributed by atoms with Crippen LogP contribution in [0.5, 0.6) is 11.5 Å². The minimum atomic E-state index is 0.0580. The van der Waals surface area contributed by atoms with Crippen LogP contribution >= 0.6 is 12.6 Å². The van der Waals surface area contributed by atoms with Crippen LogP contribution in [0, 0.1) is 6.92 Å². The molecule has 0 aromatic heterocycles. The molecule has 0 bridgehead atoms. The van der Waals surface area contributed by atoms with Crippen molar-refractivity contribution in [3.8, 4) is 22.6 Å². The van der Waals surface area contributed by atoms with Crippen LogP contribution in [0.1, 0.15) is 5.56 Å². The summed E-state index contributed by atoms with van der Waals surface area (Å²) in [5.74, 6) is 0.116. The van der Waals surface area contributed by atoms with E-state index in [0.29, 0.717) is 0 Å². The summed E-state index contributed by atoms with van der Waals surface area (Å²) in [6, 6.07) is 10.3. The largest absolute Gasteiger partial charge is 0.508 e. The second kappa shape index (κ2) is 4.10. The van der Waals surface area contributed by atoms with Gasteiger partial charge in [0.25, 0.3) is 0 Å². The molecule has 2 nitrogen and oxygen atoms in total. The first-order chi connectivity index (χ1) is 7.56. The highest BCUT2D eigenvalue weighted by molar-refractivity contribution is 7.80. The van der Waals surface area contributed by atoms with Gasteiger partial charge in [-0.05, 0) is 41.8 Å². The van der Waals surface area contributed by atoms with E-state index in [9.17, 15) is 10.2 Å². The van der Waals surface area contributed by atoms with E-state index in [0.717, 1.165) is 21.6 Å². The minimum Gasteiger partial charge on any atom is -0.508 e. The number of aromatic hydroxyl groups is 2. The van der Waals surface area contributed by atoms with Gasteiger partial charge in [0, 0.05) is 11.0 Å². The third kappa shape index (κ3) is 2.14. The molecule has 0 saturated heterocycles. The van der Waals surface area contributed by atoms with Crippen molar-refractivity contribution in [3.63, 3.8) is 0 Å². The van der Waals surface area contributed by atoms with E-state index in [1.807, 2.05) is 25.1 Å². The van der Waals surface area contributed by atoms with Crippen LogP contribution in [0.25, 0.3) is 11.1 Å². The molecule has 2 rings (SSSR count). The third-order valence-electron chi connectivity index (χ3n) is 2.43. The number of aryl methyl sites for hydroxylation is 1. The van der Waals surface area contributed by atoms with Crippen molar-refractivity contribution in [2.24, 2.45) is 0 Å². The molecule has 0 heterocycles. The number of phenols is 2. The Morgan fingerprint density at radius 2 is 1.50 bits per heavy atom. The maximum absolute atomic E-state index is 9.40. The van der Waals surface area contributed by atoms with Crippen molar-refractivity contribution in [2.75, 3.05) is 0 Å². The SMILES string of the molecule is Cc1cc(-c2cc(O)cc(O)c2)ccc1S. The summed E-state index contributed by atoms with van der Waals surface area (Å²) in [6.45, 7) is 1.97. The van der Waals surface area contributed by atoms with Gasteiger partial charge in [0.15, 0.2) is 0 Å². The number of hydrogen-bond donors (Lipinski definition) is 3. The number of phenolic OH excluding ortho intramolecular Hbond substituents is 2. The van der Waals surface area contributed by atoms with E-state index < -0.39 is 0 Å². The van der Waals surface area contributed by atoms with Crippen LogP contribution in [0.15, 0.2) is 41.3 Å². The van der Waals surface area contributed by atoms with Crippen LogP contribution < -0.4 is 0 Å². The molecular weight excluding hydrogens is 220 g/mol. The van der Waals surface area contributed by atoms with Crippen molar-refractivity contribution in [3.05, 3.63) is 42.0 Å². The van der Waals surface area contributed by atoms with Crippen molar-refractivity contribution >= 4 is 12.6 Å². The summed E-state index contributed by atoms with van der Waals surface area (Å²) >= 11 is 4.30. The fourth-order valence-electron chi connectivity index (χ4n) is 1.60. The molecule has 0 aliphatic heterocycles. The van der Waals surface area contributed by atoms with E-state index in [1.54, 1.807) is 12.1 Å². The van der Waals surface area contributed by atoms with Gasteiger partial charge in [-0.2, -0.15) is 0 Å². The molecule has 0 amide bonds. The Balaban J connectivity index is 2.54. The molecule has 0 saturated carbocycles. The van der Waals surface area contributed by atoms with E-state index in [-0.39, 0.29) is 11.5 Å². The zero-order valence-corrected chi connectivity index (χ0v) is 9.70. The first kappa shape index (κ1) is 10.9. The Labute approximate surface area is 99.6 Å². The molecule has 0 spiro atoms. The van der Waals surface area contributed by atoms with Gasteiger partial charge in [-0.25, -0.2) is 0 Å². The van der Waals surface area contributed by atoms with Gasteiger partial charge in [-0.1, -0.05) is 12.1 Å². The predicted octanol–water partition coefficient (Wildman–Crippen LogP) is 3.36. The molecule has 0 radical (unpaired) electrons. The Hall–Kier alpha value is -1.61. The number of thiol groups is 1. The monoisotopic (exact) mass is 232 g/mol. The van der Waals surface area contributed by atoms with Gasteiger partial charge >= 0.3 is 0 Å². The molecule has 3 heteroatoms. The molecule has 2 aromatic carbocycles. The molecule has 82 valence electrons. The van der Waals surface area contributed by atoms with Crippen LogP contribution in [0.2, 0.25) is 0 Å². The van der Waals surface area contributed by atoms with E-state index >= 15 is 0 Å². The standard InChI is InChI=1S/C13H12O2S/c1-8-4-9(2-3-13(8)16)10-5-11(14)7-12(15)6-10/h2-7,14-16H,1H3. The summed E-state index contributed by atoms with van der Waals surface area (Å²) in [5.41, 5.74) is 2.79. The first-order valence-corrected chi connectivity index (χ1v) is 5.34. The highest BCUT2D eigenvalue weighted by Gasteiger charge is 2.03. The van der Waals surface area contributed by atoms with Crippen molar-refractivity contribution in [2.45, 2.75) is 11.8 Å². The summed E-state index contributed by atoms with van der Waals surface area (Å²) in [4.78, 5) is 0.924. The van der Waals surface area contributed by atoms with E-state index in [1.165, 1.54) is 6.07 Å². The predicted molar refractivity (Wildman–Crippen MR) is 67.2 cm³/mol. The molecule has 0 atom stereocenters. The summed E-state index contributed by atoms with van der Waals surface area (Å²) in [6.07, 6.45) is 0. The second-order valence-electron chi connectivity index (χ2n) is 3.74. The number of benzene rings is 2. The summed E-state index contributed by atoms with van der Waals surface area (Å²) < 4.78 is 0. The van der Waals surface area contributed by atoms with Gasteiger partial charge in [0.05, 0.1) is 0 Å². The fourth-order valence-corrected chi connectivity index (χ4v) is 1.74. The lowest BCUT2D eigenvalue weighted by Gasteiger charge is -2.06. The van der Waals surface area contributed by atoms with Crippen LogP contribution in [-0.2, 0) is 0 Å². The topological polar surface area (TPSA) is 40.5 Å². The van der Waals surface area contributed by atoms with Crippen LogP contribution in [0.3, 0.4) is 0 Å². The molecule has 16 heavy (non-hydrogen) atoms. The van der Waals surface area contributed by atoms with Gasteiger partial charge in [0.2, 0.25) is 0 Å². The summed E-state index contributed by atoms with van der Waals surface area (Å²) in [5, 5.41) is 18.8.